The fraction of sp³-hybridized carbons (Fsp3) is 0.643. The van der Waals surface area contributed by atoms with Crippen molar-refractivity contribution < 1.29 is 14.7 Å². The van der Waals surface area contributed by atoms with Crippen molar-refractivity contribution in [3.8, 4) is 0 Å². The fourth-order valence-corrected chi connectivity index (χ4v) is 2.93. The van der Waals surface area contributed by atoms with Crippen LogP contribution >= 0.6 is 0 Å². The summed E-state index contributed by atoms with van der Waals surface area (Å²) in [5.41, 5.74) is 0.334. The Bertz CT molecular complexity index is 530. The van der Waals surface area contributed by atoms with E-state index in [0.29, 0.717) is 6.42 Å². The smallest absolute Gasteiger partial charge is 0.309 e. The summed E-state index contributed by atoms with van der Waals surface area (Å²) < 4.78 is 1.79. The number of imidazole rings is 1. The van der Waals surface area contributed by atoms with Gasteiger partial charge in [0, 0.05) is 19.0 Å². The van der Waals surface area contributed by atoms with Crippen molar-refractivity contribution >= 4 is 11.9 Å². The van der Waals surface area contributed by atoms with Crippen molar-refractivity contribution in [3.63, 3.8) is 0 Å². The van der Waals surface area contributed by atoms with Gasteiger partial charge in [-0.05, 0) is 27.2 Å². The molecule has 2 heterocycles. The lowest BCUT2D eigenvalue weighted by atomic mass is 9.83. The number of carboxylic acids is 1. The van der Waals surface area contributed by atoms with Gasteiger partial charge in [0.25, 0.3) is 0 Å². The minimum atomic E-state index is -0.863. The number of nitrogens with zero attached hydrogens (tertiary/aromatic N) is 3. The summed E-state index contributed by atoms with van der Waals surface area (Å²) in [5, 5.41) is 9.50. The molecule has 1 aliphatic heterocycles. The van der Waals surface area contributed by atoms with Crippen LogP contribution < -0.4 is 0 Å². The summed E-state index contributed by atoms with van der Waals surface area (Å²) in [6.45, 7) is 5.79. The van der Waals surface area contributed by atoms with Gasteiger partial charge in [-0.25, -0.2) is 4.98 Å². The molecule has 20 heavy (non-hydrogen) atoms. The second-order valence-corrected chi connectivity index (χ2v) is 6.29. The predicted molar refractivity (Wildman–Crippen MR) is 72.9 cm³/mol. The molecule has 2 atom stereocenters. The molecule has 1 aliphatic rings. The van der Waals surface area contributed by atoms with Crippen LogP contribution in [-0.2, 0) is 16.6 Å². The van der Waals surface area contributed by atoms with E-state index in [0.717, 1.165) is 5.69 Å². The van der Waals surface area contributed by atoms with Gasteiger partial charge in [-0.1, -0.05) is 0 Å². The average Bonchev–Trinajstić information content (AvgIpc) is 2.72. The highest BCUT2D eigenvalue weighted by atomic mass is 16.4. The number of carbonyl (C=O) groups excluding carboxylic acids is 1. The normalized spacial score (nSPS) is 24.0. The molecule has 2 unspecified atom stereocenters. The summed E-state index contributed by atoms with van der Waals surface area (Å²) in [6, 6.07) is -0.471. The Balaban J connectivity index is 2.53. The number of aryl methyl sites for hydroxylation is 1. The Morgan fingerprint density at radius 3 is 2.55 bits per heavy atom. The van der Waals surface area contributed by atoms with E-state index in [1.54, 1.807) is 22.0 Å². The maximum Gasteiger partial charge on any atom is 0.309 e. The number of likely N-dealkylation sites (tertiary alicyclic amines) is 1. The van der Waals surface area contributed by atoms with Crippen molar-refractivity contribution in [2.75, 3.05) is 0 Å². The first-order valence-corrected chi connectivity index (χ1v) is 6.74. The van der Waals surface area contributed by atoms with Crippen LogP contribution in [0.1, 0.15) is 45.3 Å². The standard InChI is InChI=1S/C14H21N3O3/c1-14(2,3)17-11(18)6-5-9(13(19)20)12(17)10-7-15-8-16(10)4/h7-9,12H,5-6H2,1-4H3,(H,19,20). The van der Waals surface area contributed by atoms with Gasteiger partial charge in [-0.15, -0.1) is 0 Å². The summed E-state index contributed by atoms with van der Waals surface area (Å²) in [7, 11) is 1.82. The number of aromatic nitrogens is 2. The summed E-state index contributed by atoms with van der Waals surface area (Å²) in [5.74, 6) is -1.46. The molecule has 0 aliphatic carbocycles. The molecule has 0 radical (unpaired) electrons. The lowest BCUT2D eigenvalue weighted by Gasteiger charge is -2.47. The number of hydrogen-bond acceptors (Lipinski definition) is 3. The van der Waals surface area contributed by atoms with E-state index in [2.05, 4.69) is 4.98 Å². The molecular formula is C14H21N3O3. The van der Waals surface area contributed by atoms with Crippen molar-refractivity contribution in [1.82, 2.24) is 14.5 Å². The van der Waals surface area contributed by atoms with Gasteiger partial charge in [0.2, 0.25) is 5.91 Å². The molecule has 0 spiro atoms. The minimum absolute atomic E-state index is 0.00111. The Kier molecular flexibility index (Phi) is 3.58. The van der Waals surface area contributed by atoms with Crippen LogP contribution in [0.3, 0.4) is 0 Å². The number of hydrogen-bond donors (Lipinski definition) is 1. The highest BCUT2D eigenvalue weighted by Gasteiger charge is 2.45. The Labute approximate surface area is 118 Å². The molecule has 1 saturated heterocycles. The zero-order valence-corrected chi connectivity index (χ0v) is 12.3. The first-order chi connectivity index (χ1) is 9.23. The highest BCUT2D eigenvalue weighted by molar-refractivity contribution is 5.82. The maximum atomic E-state index is 12.3. The Morgan fingerprint density at radius 2 is 2.10 bits per heavy atom. The predicted octanol–water partition coefficient (Wildman–Crippen LogP) is 1.58. The van der Waals surface area contributed by atoms with Gasteiger partial charge in [0.05, 0.1) is 30.2 Å². The van der Waals surface area contributed by atoms with Crippen LogP contribution in [0.25, 0.3) is 0 Å². The van der Waals surface area contributed by atoms with Gasteiger partial charge >= 0.3 is 5.97 Å². The second-order valence-electron chi connectivity index (χ2n) is 6.29. The molecule has 1 fully saturated rings. The molecule has 1 aromatic rings. The maximum absolute atomic E-state index is 12.3. The van der Waals surface area contributed by atoms with Gasteiger partial charge < -0.3 is 14.6 Å². The quantitative estimate of drug-likeness (QED) is 0.892. The minimum Gasteiger partial charge on any atom is -0.481 e. The van der Waals surface area contributed by atoms with E-state index in [1.165, 1.54) is 0 Å². The van der Waals surface area contributed by atoms with Crippen LogP contribution in [0.4, 0.5) is 0 Å². The highest BCUT2D eigenvalue weighted by Crippen LogP contribution is 2.40. The van der Waals surface area contributed by atoms with Gasteiger partial charge in [-0.3, -0.25) is 9.59 Å². The van der Waals surface area contributed by atoms with E-state index in [4.69, 9.17) is 0 Å². The van der Waals surface area contributed by atoms with E-state index < -0.39 is 23.5 Å². The third-order valence-electron chi connectivity index (χ3n) is 3.79. The van der Waals surface area contributed by atoms with Crippen molar-refractivity contribution in [2.45, 2.75) is 45.2 Å². The van der Waals surface area contributed by atoms with E-state index in [-0.39, 0.29) is 12.3 Å². The van der Waals surface area contributed by atoms with Crippen LogP contribution in [0.5, 0.6) is 0 Å². The summed E-state index contributed by atoms with van der Waals surface area (Å²) in [6.07, 6.45) is 3.94. The number of carboxylic acid groups (broad SMARTS) is 1. The van der Waals surface area contributed by atoms with Gasteiger partial charge in [0.1, 0.15) is 0 Å². The van der Waals surface area contributed by atoms with E-state index >= 15 is 0 Å². The molecular weight excluding hydrogens is 258 g/mol. The molecule has 1 N–H and O–H groups in total. The lowest BCUT2D eigenvalue weighted by Crippen LogP contribution is -2.54. The lowest BCUT2D eigenvalue weighted by molar-refractivity contribution is -0.157. The molecule has 0 aromatic carbocycles. The third kappa shape index (κ3) is 2.42. The molecule has 6 nitrogen and oxygen atoms in total. The van der Waals surface area contributed by atoms with E-state index in [1.807, 2.05) is 27.8 Å². The molecule has 1 aromatic heterocycles. The number of piperidine rings is 1. The zero-order chi connectivity index (χ0) is 15.1. The second kappa shape index (κ2) is 4.92. The SMILES string of the molecule is Cn1cncc1C1C(C(=O)O)CCC(=O)N1C(C)(C)C. The van der Waals surface area contributed by atoms with Crippen LogP contribution in [0.2, 0.25) is 0 Å². The molecule has 2 rings (SSSR count). The molecule has 0 saturated carbocycles. The molecule has 6 heteroatoms. The molecule has 0 bridgehead atoms. The zero-order valence-electron chi connectivity index (χ0n) is 12.3. The fourth-order valence-electron chi connectivity index (χ4n) is 2.93. The van der Waals surface area contributed by atoms with E-state index in [9.17, 15) is 14.7 Å². The third-order valence-corrected chi connectivity index (χ3v) is 3.79. The average molecular weight is 279 g/mol. The Morgan fingerprint density at radius 1 is 1.45 bits per heavy atom. The van der Waals surface area contributed by atoms with Crippen LogP contribution in [-0.4, -0.2) is 37.0 Å². The molecule has 110 valence electrons. The first kappa shape index (κ1) is 14.6. The topological polar surface area (TPSA) is 75.4 Å². The number of rotatable bonds is 2. The largest absolute Gasteiger partial charge is 0.481 e. The molecule has 1 amide bonds. The summed E-state index contributed by atoms with van der Waals surface area (Å²) in [4.78, 5) is 29.7. The van der Waals surface area contributed by atoms with Gasteiger partial charge in [0.15, 0.2) is 0 Å². The van der Waals surface area contributed by atoms with Crippen molar-refractivity contribution in [3.05, 3.63) is 18.2 Å². The van der Waals surface area contributed by atoms with Crippen molar-refractivity contribution in [1.29, 1.82) is 0 Å². The number of aliphatic carboxylic acids is 1. The van der Waals surface area contributed by atoms with Crippen LogP contribution in [0, 0.1) is 5.92 Å². The first-order valence-electron chi connectivity index (χ1n) is 6.74. The summed E-state index contributed by atoms with van der Waals surface area (Å²) >= 11 is 0. The number of carbonyl (C=O) groups is 2. The monoisotopic (exact) mass is 279 g/mol. The van der Waals surface area contributed by atoms with Gasteiger partial charge in [-0.2, -0.15) is 0 Å². The van der Waals surface area contributed by atoms with Crippen molar-refractivity contribution in [2.24, 2.45) is 13.0 Å². The Hall–Kier alpha value is -1.85. The number of amides is 1. The van der Waals surface area contributed by atoms with Crippen LogP contribution in [0.15, 0.2) is 12.5 Å².